The third-order valence-electron chi connectivity index (χ3n) is 7.08. The number of hydrogen-bond donors (Lipinski definition) is 6. The van der Waals surface area contributed by atoms with Crippen molar-refractivity contribution < 1.29 is 65.2 Å². The predicted molar refractivity (Wildman–Crippen MR) is 196 cm³/mol. The summed E-state index contributed by atoms with van der Waals surface area (Å²) in [5.41, 5.74) is 4.12. The number of carboxylic acid groups (broad SMARTS) is 2. The number of rotatable bonds is 12. The molecule has 2 aromatic heterocycles. The van der Waals surface area contributed by atoms with E-state index in [1.54, 1.807) is 42.5 Å². The van der Waals surface area contributed by atoms with Gasteiger partial charge in [-0.25, -0.2) is 28.8 Å². The number of halogens is 8. The fourth-order valence-electron chi connectivity index (χ4n) is 4.45. The Morgan fingerprint density at radius 3 is 2.08 bits per heavy atom. The average Bonchev–Trinajstić information content (AvgIpc) is 3.85. The van der Waals surface area contributed by atoms with Gasteiger partial charge in [0.25, 0.3) is 0 Å². The molecule has 0 aliphatic rings. The number of methoxy groups -OCH3 is 1. The van der Waals surface area contributed by atoms with Gasteiger partial charge in [0, 0.05) is 29.9 Å². The summed E-state index contributed by atoms with van der Waals surface area (Å²) in [6.07, 6.45) is -8.85. The molecule has 0 aliphatic heterocycles. The highest BCUT2D eigenvalue weighted by Crippen LogP contribution is 2.30. The number of benzene rings is 3. The highest BCUT2D eigenvalue weighted by atomic mass is 35.5. The molecule has 25 heteroatoms. The Kier molecular flexibility index (Phi) is 17.4. The van der Waals surface area contributed by atoms with E-state index in [0.717, 1.165) is 5.56 Å². The molecule has 0 unspecified atom stereocenters. The first kappa shape index (κ1) is 46.9. The maximum absolute atomic E-state index is 13.2. The van der Waals surface area contributed by atoms with Gasteiger partial charge < -0.3 is 35.3 Å². The molecule has 0 bridgehead atoms. The summed E-state index contributed by atoms with van der Waals surface area (Å²) in [7, 11) is 1.53. The number of nitrogens with zero attached hydrogens (tertiary/aromatic N) is 5. The molecular weight excluding hydrogens is 847 g/mol. The second-order valence-corrected chi connectivity index (χ2v) is 12.1. The zero-order chi connectivity index (χ0) is 43.8. The first-order valence-electron chi connectivity index (χ1n) is 16.3. The third kappa shape index (κ3) is 15.8. The van der Waals surface area contributed by atoms with E-state index < -0.39 is 42.5 Å². The van der Waals surface area contributed by atoms with Crippen LogP contribution in [0.25, 0.3) is 16.9 Å². The van der Waals surface area contributed by atoms with Gasteiger partial charge in [-0.2, -0.15) is 26.3 Å². The molecule has 5 aromatic rings. The summed E-state index contributed by atoms with van der Waals surface area (Å²) in [6, 6.07) is 20.9. The molecule has 0 radical (unpaired) electrons. The molecule has 0 saturated carbocycles. The quantitative estimate of drug-likeness (QED) is 0.0574. The minimum atomic E-state index is -5.08. The molecule has 0 saturated heterocycles. The molecule has 2 heterocycles. The minimum absolute atomic E-state index is 0.143. The van der Waals surface area contributed by atoms with Crippen LogP contribution in [0.15, 0.2) is 79.1 Å². The average molecular weight is 879 g/mol. The van der Waals surface area contributed by atoms with Crippen molar-refractivity contribution in [2.24, 2.45) is 0 Å². The number of anilines is 1. The van der Waals surface area contributed by atoms with Crippen LogP contribution >= 0.6 is 23.2 Å². The van der Waals surface area contributed by atoms with Gasteiger partial charge in [-0.15, -0.1) is 5.10 Å². The Bertz CT molecular complexity index is 2120. The Morgan fingerprint density at radius 2 is 1.53 bits per heavy atom. The SMILES string of the molecule is COCCOC(=O)Nc1ccc(-c2nc([C@H](Cc3ccccc3)NC(=O)NCc3cc(Cl)ccc3-n3cnnn3)[nH]c2Cl)cc1.O=C(O)C(F)(F)F.O=C(O)C(F)(F)F. The molecule has 0 spiro atoms. The zero-order valence-corrected chi connectivity index (χ0v) is 31.5. The third-order valence-corrected chi connectivity index (χ3v) is 7.59. The Hall–Kier alpha value is -6.46. The van der Waals surface area contributed by atoms with Crippen molar-refractivity contribution in [3.63, 3.8) is 0 Å². The van der Waals surface area contributed by atoms with Crippen LogP contribution in [0.2, 0.25) is 10.2 Å². The van der Waals surface area contributed by atoms with E-state index in [-0.39, 0.29) is 13.2 Å². The highest BCUT2D eigenvalue weighted by molar-refractivity contribution is 6.32. The van der Waals surface area contributed by atoms with E-state index in [0.29, 0.717) is 57.2 Å². The molecule has 316 valence electrons. The number of aliphatic carboxylic acids is 2. The standard InChI is InChI=1S/C30H29Cl2N9O4.2C2HF3O2/c1-44-13-14-45-30(43)35-23-10-7-20(8-11-23)26-27(32)38-28(37-26)24(15-19-5-3-2-4-6-19)36-29(42)33-17-21-16-22(31)9-12-25(21)41-18-34-39-40-41;2*3-2(4,5)1(6)7/h2-12,16,18,24H,13-15,17H2,1H3,(H,35,43)(H,37,38)(H2,33,36,42);2*(H,6,7)/t24-;;/m0../s1. The largest absolute Gasteiger partial charge is 0.490 e. The molecule has 0 fully saturated rings. The van der Waals surface area contributed by atoms with Crippen molar-refractivity contribution >= 4 is 53.0 Å². The van der Waals surface area contributed by atoms with Crippen molar-refractivity contribution in [2.75, 3.05) is 25.6 Å². The summed E-state index contributed by atoms with van der Waals surface area (Å²) in [5, 5.41) is 34.9. The number of carbonyl (C=O) groups excluding carboxylic acids is 2. The van der Waals surface area contributed by atoms with Gasteiger partial charge in [-0.1, -0.05) is 65.7 Å². The van der Waals surface area contributed by atoms with Crippen LogP contribution in [0.1, 0.15) is 23.0 Å². The van der Waals surface area contributed by atoms with E-state index in [9.17, 15) is 35.9 Å². The first-order valence-corrected chi connectivity index (χ1v) is 17.0. The van der Waals surface area contributed by atoms with Gasteiger partial charge in [0.2, 0.25) is 0 Å². The summed E-state index contributed by atoms with van der Waals surface area (Å²) in [6.45, 7) is 0.605. The van der Waals surface area contributed by atoms with Gasteiger partial charge >= 0.3 is 36.4 Å². The highest BCUT2D eigenvalue weighted by Gasteiger charge is 2.39. The van der Waals surface area contributed by atoms with Gasteiger partial charge in [0.05, 0.1) is 18.3 Å². The van der Waals surface area contributed by atoms with Gasteiger partial charge in [0.15, 0.2) is 0 Å². The lowest BCUT2D eigenvalue weighted by Gasteiger charge is -2.18. The van der Waals surface area contributed by atoms with Crippen LogP contribution in [0, 0.1) is 0 Å². The number of aromatic amines is 1. The summed E-state index contributed by atoms with van der Waals surface area (Å²) in [5.74, 6) is -5.05. The molecule has 5 rings (SSSR count). The number of carbonyl (C=O) groups is 4. The van der Waals surface area contributed by atoms with Gasteiger partial charge in [0.1, 0.15) is 29.6 Å². The molecule has 3 amide bonds. The number of tetrazole rings is 1. The van der Waals surface area contributed by atoms with E-state index in [1.807, 2.05) is 30.3 Å². The number of hydrogen-bond acceptors (Lipinski definition) is 10. The van der Waals surface area contributed by atoms with Crippen LogP contribution in [-0.2, 0) is 32.0 Å². The Morgan fingerprint density at radius 1 is 0.898 bits per heavy atom. The molecule has 59 heavy (non-hydrogen) atoms. The first-order chi connectivity index (χ1) is 27.8. The number of aromatic nitrogens is 6. The maximum atomic E-state index is 13.2. The van der Waals surface area contributed by atoms with E-state index in [2.05, 4.69) is 36.5 Å². The Balaban J connectivity index is 0.000000569. The topological polar surface area (TPSA) is 236 Å². The minimum Gasteiger partial charge on any atom is -0.475 e. The van der Waals surface area contributed by atoms with Crippen molar-refractivity contribution in [3.8, 4) is 16.9 Å². The molecule has 17 nitrogen and oxygen atoms in total. The number of alkyl halides is 6. The van der Waals surface area contributed by atoms with Crippen LogP contribution in [0.5, 0.6) is 0 Å². The molecular formula is C34H31Cl2F6N9O8. The number of nitrogens with one attached hydrogen (secondary N) is 4. The van der Waals surface area contributed by atoms with E-state index >= 15 is 0 Å². The number of H-pyrrole nitrogens is 1. The second kappa shape index (κ2) is 21.9. The van der Waals surface area contributed by atoms with Gasteiger partial charge in [-0.05, 0) is 58.3 Å². The number of ether oxygens (including phenoxy) is 2. The fourth-order valence-corrected chi connectivity index (χ4v) is 4.89. The van der Waals surface area contributed by atoms with Crippen LogP contribution in [-0.4, -0.2) is 97.1 Å². The van der Waals surface area contributed by atoms with Gasteiger partial charge in [-0.3, -0.25) is 5.32 Å². The number of amides is 3. The van der Waals surface area contributed by atoms with Crippen molar-refractivity contribution in [2.45, 2.75) is 31.4 Å². The monoisotopic (exact) mass is 877 g/mol. The van der Waals surface area contributed by atoms with Crippen molar-refractivity contribution in [3.05, 3.63) is 106 Å². The number of imidazole rings is 1. The van der Waals surface area contributed by atoms with E-state index in [4.69, 9.17) is 57.5 Å². The van der Waals surface area contributed by atoms with Crippen LogP contribution in [0.4, 0.5) is 41.6 Å². The number of urea groups is 1. The lowest BCUT2D eigenvalue weighted by atomic mass is 10.1. The van der Waals surface area contributed by atoms with E-state index in [1.165, 1.54) is 18.1 Å². The van der Waals surface area contributed by atoms with Crippen LogP contribution < -0.4 is 16.0 Å². The van der Waals surface area contributed by atoms with Crippen molar-refractivity contribution in [1.29, 1.82) is 0 Å². The maximum Gasteiger partial charge on any atom is 0.490 e. The lowest BCUT2D eigenvalue weighted by molar-refractivity contribution is -0.193. The molecule has 0 aliphatic carbocycles. The smallest absolute Gasteiger partial charge is 0.475 e. The molecule has 3 aromatic carbocycles. The Labute approximate surface area is 338 Å². The van der Waals surface area contributed by atoms with Crippen LogP contribution in [0.3, 0.4) is 0 Å². The van der Waals surface area contributed by atoms with Crippen molar-refractivity contribution in [1.82, 2.24) is 40.8 Å². The zero-order valence-electron chi connectivity index (χ0n) is 30.0. The predicted octanol–water partition coefficient (Wildman–Crippen LogP) is 6.60. The molecule has 6 N–H and O–H groups in total. The normalized spacial score (nSPS) is 11.5. The summed E-state index contributed by atoms with van der Waals surface area (Å²) < 4.78 is 74.9. The summed E-state index contributed by atoms with van der Waals surface area (Å²) in [4.78, 5) is 50.8. The second-order valence-electron chi connectivity index (χ2n) is 11.3. The lowest BCUT2D eigenvalue weighted by Crippen LogP contribution is -2.39. The molecule has 1 atom stereocenters. The fraction of sp³-hybridized carbons (Fsp3) is 0.235. The number of carboxylic acids is 2. The summed E-state index contributed by atoms with van der Waals surface area (Å²) >= 11 is 12.8.